The Kier molecular flexibility index (Phi) is 8.49. The first-order valence-electron chi connectivity index (χ1n) is 14.3. The fourth-order valence-corrected chi connectivity index (χ4v) is 7.08. The summed E-state index contributed by atoms with van der Waals surface area (Å²) in [6.07, 6.45) is 2.61. The zero-order valence-corrected chi connectivity index (χ0v) is 25.5. The van der Waals surface area contributed by atoms with E-state index in [2.05, 4.69) is 17.1 Å². The van der Waals surface area contributed by atoms with Crippen LogP contribution in [0.25, 0.3) is 5.76 Å². The Bertz CT molecular complexity index is 1690. The van der Waals surface area contributed by atoms with Crippen molar-refractivity contribution in [2.45, 2.75) is 55.3 Å². The van der Waals surface area contributed by atoms with E-state index in [1.54, 1.807) is 12.1 Å². The van der Waals surface area contributed by atoms with E-state index in [1.165, 1.54) is 28.0 Å². The number of ketones is 1. The summed E-state index contributed by atoms with van der Waals surface area (Å²) < 4.78 is 12.4. The van der Waals surface area contributed by atoms with Crippen molar-refractivity contribution in [3.05, 3.63) is 101 Å². The molecule has 8 nitrogen and oxygen atoms in total. The summed E-state index contributed by atoms with van der Waals surface area (Å²) in [4.78, 5) is 28.7. The van der Waals surface area contributed by atoms with Gasteiger partial charge >= 0.3 is 5.91 Å². The minimum Gasteiger partial charge on any atom is -0.507 e. The van der Waals surface area contributed by atoms with E-state index in [0.717, 1.165) is 29.7 Å². The zero-order chi connectivity index (χ0) is 29.9. The maximum absolute atomic E-state index is 13.7. The van der Waals surface area contributed by atoms with E-state index in [0.29, 0.717) is 40.0 Å². The number of unbranched alkanes of at least 4 members (excludes halogenated alkanes) is 1. The lowest BCUT2D eigenvalue weighted by Gasteiger charge is -2.23. The minimum atomic E-state index is -0.918. The van der Waals surface area contributed by atoms with Crippen LogP contribution < -0.4 is 14.4 Å². The molecule has 2 aliphatic heterocycles. The van der Waals surface area contributed by atoms with Crippen molar-refractivity contribution in [1.29, 1.82) is 0 Å². The van der Waals surface area contributed by atoms with Crippen LogP contribution in [0.15, 0.2) is 82.7 Å². The van der Waals surface area contributed by atoms with Crippen molar-refractivity contribution in [3.63, 3.8) is 0 Å². The topological polar surface area (TPSA) is 102 Å². The first-order chi connectivity index (χ1) is 20.9. The fraction of sp³-hybridized carbons (Fsp3) is 0.273. The number of aliphatic hydroxyl groups is 1. The number of Topliss-reactive ketones (excluding diaryl/α,β-unsaturated/α-hetero) is 1. The van der Waals surface area contributed by atoms with E-state index >= 15 is 0 Å². The van der Waals surface area contributed by atoms with Crippen LogP contribution in [0.3, 0.4) is 0 Å². The smallest absolute Gasteiger partial charge is 0.301 e. The Balaban J connectivity index is 1.39. The predicted octanol–water partition coefficient (Wildman–Crippen LogP) is 6.96. The highest BCUT2D eigenvalue weighted by Gasteiger charge is 2.48. The molecule has 1 saturated heterocycles. The number of carbonyl (C=O) groups is 2. The van der Waals surface area contributed by atoms with Crippen LogP contribution in [0.2, 0.25) is 0 Å². The first kappa shape index (κ1) is 28.9. The van der Waals surface area contributed by atoms with E-state index in [4.69, 9.17) is 9.47 Å². The van der Waals surface area contributed by atoms with Crippen LogP contribution in [0.5, 0.6) is 11.5 Å². The van der Waals surface area contributed by atoms with Gasteiger partial charge in [0, 0.05) is 17.7 Å². The summed E-state index contributed by atoms with van der Waals surface area (Å²) in [6, 6.07) is 21.7. The van der Waals surface area contributed by atoms with E-state index in [9.17, 15) is 14.7 Å². The van der Waals surface area contributed by atoms with E-state index in [-0.39, 0.29) is 22.6 Å². The van der Waals surface area contributed by atoms with Crippen molar-refractivity contribution >= 4 is 45.7 Å². The van der Waals surface area contributed by atoms with Crippen LogP contribution in [-0.2, 0) is 21.8 Å². The molecule has 0 radical (unpaired) electrons. The molecule has 0 unspecified atom stereocenters. The monoisotopic (exact) mass is 613 g/mol. The van der Waals surface area contributed by atoms with Crippen LogP contribution in [0.1, 0.15) is 55.0 Å². The third kappa shape index (κ3) is 6.03. The van der Waals surface area contributed by atoms with Gasteiger partial charge in [-0.3, -0.25) is 14.5 Å². The van der Waals surface area contributed by atoms with Crippen LogP contribution in [0.4, 0.5) is 5.13 Å². The second-order valence-electron chi connectivity index (χ2n) is 10.5. The van der Waals surface area contributed by atoms with Crippen molar-refractivity contribution in [3.8, 4) is 11.5 Å². The molecule has 1 N–H and O–H groups in total. The first-order valence-corrected chi connectivity index (χ1v) is 16.1. The number of hydrogen-bond donors (Lipinski definition) is 1. The molecule has 220 valence electrons. The van der Waals surface area contributed by atoms with Crippen LogP contribution >= 0.6 is 23.1 Å². The minimum absolute atomic E-state index is 0.00342. The van der Waals surface area contributed by atoms with E-state index < -0.39 is 17.7 Å². The number of ether oxygens (including phenoxy) is 2. The lowest BCUT2D eigenvalue weighted by Crippen LogP contribution is -2.29. The Hall–Kier alpha value is -4.15. The third-order valence-corrected chi connectivity index (χ3v) is 9.49. The van der Waals surface area contributed by atoms with Crippen molar-refractivity contribution in [2.75, 3.05) is 11.5 Å². The second kappa shape index (κ2) is 12.6. The SMILES string of the molecule is CCCCOc1cccc([C@@H]2C(=C(O)c3ccc4c(c3)C[C@@H](C)O4)C(=O)C(=O)N2c2nnc(SCc3ccccc3)s2)c1. The van der Waals surface area contributed by atoms with Gasteiger partial charge in [-0.25, -0.2) is 0 Å². The normalized spacial score (nSPS) is 19.0. The number of anilines is 1. The average molecular weight is 614 g/mol. The molecule has 0 saturated carbocycles. The summed E-state index contributed by atoms with van der Waals surface area (Å²) >= 11 is 2.75. The van der Waals surface area contributed by atoms with Crippen molar-refractivity contribution < 1.29 is 24.2 Å². The molecule has 3 aromatic carbocycles. The summed E-state index contributed by atoms with van der Waals surface area (Å²) in [5.41, 5.74) is 3.15. The maximum atomic E-state index is 13.7. The molecule has 1 amide bonds. The Morgan fingerprint density at radius 3 is 2.74 bits per heavy atom. The molecule has 1 fully saturated rings. The fourth-order valence-electron chi connectivity index (χ4n) is 5.26. The molecule has 3 heterocycles. The molecule has 1 aromatic heterocycles. The lowest BCUT2D eigenvalue weighted by atomic mass is 9.94. The van der Waals surface area contributed by atoms with Gasteiger partial charge < -0.3 is 14.6 Å². The average Bonchev–Trinajstić information content (AvgIpc) is 3.71. The zero-order valence-electron chi connectivity index (χ0n) is 23.9. The van der Waals surface area contributed by atoms with Crippen molar-refractivity contribution in [1.82, 2.24) is 10.2 Å². The summed E-state index contributed by atoms with van der Waals surface area (Å²) in [5, 5.41) is 20.6. The number of fused-ring (bicyclic) bond motifs is 1. The third-order valence-electron chi connectivity index (χ3n) is 7.36. The van der Waals surface area contributed by atoms with E-state index in [1.807, 2.05) is 67.6 Å². The molecule has 43 heavy (non-hydrogen) atoms. The molecular formula is C33H31N3O5S2. The Labute approximate surface area is 258 Å². The summed E-state index contributed by atoms with van der Waals surface area (Å²) in [5.74, 6) is 0.282. The quantitative estimate of drug-likeness (QED) is 0.0512. The van der Waals surface area contributed by atoms with Gasteiger partial charge in [0.25, 0.3) is 5.78 Å². The van der Waals surface area contributed by atoms with Gasteiger partial charge in [0.05, 0.1) is 18.2 Å². The number of carbonyl (C=O) groups excluding carboxylic acids is 2. The highest BCUT2D eigenvalue weighted by molar-refractivity contribution is 8.00. The Morgan fingerprint density at radius 1 is 1.09 bits per heavy atom. The van der Waals surface area contributed by atoms with Gasteiger partial charge in [0.2, 0.25) is 5.13 Å². The highest BCUT2D eigenvalue weighted by atomic mass is 32.2. The molecule has 2 atom stereocenters. The lowest BCUT2D eigenvalue weighted by molar-refractivity contribution is -0.132. The van der Waals surface area contributed by atoms with Crippen LogP contribution in [-0.4, -0.2) is 39.7 Å². The highest BCUT2D eigenvalue weighted by Crippen LogP contribution is 2.45. The predicted molar refractivity (Wildman–Crippen MR) is 168 cm³/mol. The number of nitrogens with zero attached hydrogens (tertiary/aromatic N) is 3. The number of rotatable bonds is 10. The molecule has 0 spiro atoms. The molecule has 2 aliphatic rings. The second-order valence-corrected chi connectivity index (χ2v) is 12.7. The Morgan fingerprint density at radius 2 is 1.93 bits per heavy atom. The number of benzene rings is 3. The summed E-state index contributed by atoms with van der Waals surface area (Å²) in [6.45, 7) is 4.62. The molecule has 10 heteroatoms. The van der Waals surface area contributed by atoms with Crippen molar-refractivity contribution in [2.24, 2.45) is 0 Å². The van der Waals surface area contributed by atoms with Gasteiger partial charge in [0.1, 0.15) is 23.4 Å². The number of aromatic nitrogens is 2. The van der Waals surface area contributed by atoms with Gasteiger partial charge in [-0.1, -0.05) is 78.9 Å². The molecule has 0 aliphatic carbocycles. The largest absolute Gasteiger partial charge is 0.507 e. The van der Waals surface area contributed by atoms with Gasteiger partial charge in [-0.05, 0) is 60.4 Å². The number of hydrogen-bond acceptors (Lipinski definition) is 9. The maximum Gasteiger partial charge on any atom is 0.301 e. The molecular weight excluding hydrogens is 583 g/mol. The number of aliphatic hydroxyl groups excluding tert-OH is 1. The van der Waals surface area contributed by atoms with Gasteiger partial charge in [0.15, 0.2) is 4.34 Å². The van der Waals surface area contributed by atoms with Gasteiger partial charge in [-0.15, -0.1) is 10.2 Å². The molecule has 4 aromatic rings. The number of amides is 1. The molecule has 0 bridgehead atoms. The molecule has 6 rings (SSSR count). The van der Waals surface area contributed by atoms with Gasteiger partial charge in [-0.2, -0.15) is 0 Å². The van der Waals surface area contributed by atoms with Crippen LogP contribution in [0, 0.1) is 0 Å². The summed E-state index contributed by atoms with van der Waals surface area (Å²) in [7, 11) is 0. The standard InChI is InChI=1S/C33H31N3O5S2/c1-3-4-15-40-25-12-8-11-22(18-25)28-27(29(37)23-13-14-26-24(17-23)16-20(2)41-26)30(38)31(39)36(28)32-34-35-33(43-32)42-19-21-9-6-5-7-10-21/h5-14,17-18,20,28,37H,3-4,15-16,19H2,1-2H3/t20-,28-/m1/s1. The number of thioether (sulfide) groups is 1.